The third-order valence-corrected chi connectivity index (χ3v) is 2.46. The Morgan fingerprint density at radius 3 is 2.65 bits per heavy atom. The first kappa shape index (κ1) is 13.8. The van der Waals surface area contributed by atoms with Crippen molar-refractivity contribution in [1.29, 1.82) is 0 Å². The monoisotopic (exact) mass is 247 g/mol. The number of hydrogen-bond donors (Lipinski definition) is 2. The second kappa shape index (κ2) is 5.91. The van der Waals surface area contributed by atoms with Crippen molar-refractivity contribution in [3.05, 3.63) is 29.8 Å². The molecule has 0 aliphatic carbocycles. The van der Waals surface area contributed by atoms with E-state index in [-0.39, 0.29) is 18.2 Å². The maximum atomic E-state index is 11.9. The van der Waals surface area contributed by atoms with E-state index in [1.54, 1.807) is 18.2 Å². The van der Waals surface area contributed by atoms with E-state index >= 15 is 0 Å². The van der Waals surface area contributed by atoms with E-state index in [1.807, 2.05) is 13.0 Å². The van der Waals surface area contributed by atoms with Crippen LogP contribution in [0.25, 0.3) is 0 Å². The second-order valence-corrected chi connectivity index (χ2v) is 3.99. The smallest absolute Gasteiger partial charge is 0.389 e. The molecule has 0 aromatic heterocycles. The fourth-order valence-corrected chi connectivity index (χ4v) is 1.52. The van der Waals surface area contributed by atoms with Gasteiger partial charge in [-0.3, -0.25) is 0 Å². The van der Waals surface area contributed by atoms with Gasteiger partial charge in [-0.05, 0) is 37.6 Å². The molecule has 0 fully saturated rings. The summed E-state index contributed by atoms with van der Waals surface area (Å²) in [5.74, 6) is 0.159. The second-order valence-electron chi connectivity index (χ2n) is 3.99. The number of rotatable bonds is 5. The lowest BCUT2D eigenvalue weighted by atomic mass is 10.1. The van der Waals surface area contributed by atoms with Crippen LogP contribution in [0.5, 0.6) is 5.75 Å². The minimum absolute atomic E-state index is 0.0622. The Morgan fingerprint density at radius 2 is 2.06 bits per heavy atom. The van der Waals surface area contributed by atoms with Gasteiger partial charge in [0.25, 0.3) is 0 Å². The molecule has 2 nitrogen and oxygen atoms in total. The van der Waals surface area contributed by atoms with Gasteiger partial charge in [-0.1, -0.05) is 12.1 Å². The lowest BCUT2D eigenvalue weighted by molar-refractivity contribution is -0.135. The maximum Gasteiger partial charge on any atom is 0.389 e. The fourth-order valence-electron chi connectivity index (χ4n) is 1.52. The van der Waals surface area contributed by atoms with Crippen LogP contribution in [0.4, 0.5) is 13.2 Å². The summed E-state index contributed by atoms with van der Waals surface area (Å²) in [4.78, 5) is 0. The largest absolute Gasteiger partial charge is 0.508 e. The average molecular weight is 247 g/mol. The number of benzene rings is 1. The molecule has 1 unspecified atom stereocenters. The van der Waals surface area contributed by atoms with E-state index in [0.717, 1.165) is 5.56 Å². The number of halogens is 3. The minimum Gasteiger partial charge on any atom is -0.508 e. The normalized spacial score (nSPS) is 13.6. The molecule has 0 radical (unpaired) electrons. The van der Waals surface area contributed by atoms with Crippen LogP contribution in [0.2, 0.25) is 0 Å². The molecule has 0 saturated heterocycles. The predicted molar refractivity (Wildman–Crippen MR) is 59.8 cm³/mol. The van der Waals surface area contributed by atoms with Crippen molar-refractivity contribution >= 4 is 0 Å². The van der Waals surface area contributed by atoms with E-state index in [2.05, 4.69) is 5.32 Å². The summed E-state index contributed by atoms with van der Waals surface area (Å²) in [5, 5.41) is 12.3. The summed E-state index contributed by atoms with van der Waals surface area (Å²) in [5.41, 5.74) is 0.858. The Kier molecular flexibility index (Phi) is 4.81. The molecule has 0 aliphatic heterocycles. The standard InChI is InChI=1S/C12H16F3NO/c1-9(10-4-2-5-11(17)8-10)16-7-3-6-12(13,14)15/h2,4-5,8-9,16-17H,3,6-7H2,1H3. The lowest BCUT2D eigenvalue weighted by Gasteiger charge is -2.14. The molecule has 0 bridgehead atoms. The van der Waals surface area contributed by atoms with Crippen molar-refractivity contribution in [2.45, 2.75) is 32.0 Å². The van der Waals surface area contributed by atoms with Crippen molar-refractivity contribution < 1.29 is 18.3 Å². The first-order valence-electron chi connectivity index (χ1n) is 5.47. The fraction of sp³-hybridized carbons (Fsp3) is 0.500. The van der Waals surface area contributed by atoms with Gasteiger partial charge in [-0.25, -0.2) is 0 Å². The van der Waals surface area contributed by atoms with Gasteiger partial charge in [-0.15, -0.1) is 0 Å². The van der Waals surface area contributed by atoms with Gasteiger partial charge in [0.2, 0.25) is 0 Å². The van der Waals surface area contributed by atoms with Crippen LogP contribution in [0.1, 0.15) is 31.4 Å². The zero-order valence-corrected chi connectivity index (χ0v) is 9.59. The highest BCUT2D eigenvalue weighted by molar-refractivity contribution is 5.28. The Balaban J connectivity index is 2.33. The SMILES string of the molecule is CC(NCCCC(F)(F)F)c1cccc(O)c1. The van der Waals surface area contributed by atoms with Crippen LogP contribution < -0.4 is 5.32 Å². The topological polar surface area (TPSA) is 32.3 Å². The zero-order chi connectivity index (χ0) is 12.9. The Morgan fingerprint density at radius 1 is 1.35 bits per heavy atom. The van der Waals surface area contributed by atoms with E-state index in [9.17, 15) is 18.3 Å². The predicted octanol–water partition coefficient (Wildman–Crippen LogP) is 3.39. The summed E-state index contributed by atoms with van der Waals surface area (Å²) in [6.07, 6.45) is -4.80. The summed E-state index contributed by atoms with van der Waals surface area (Å²) >= 11 is 0. The molecule has 96 valence electrons. The van der Waals surface area contributed by atoms with E-state index < -0.39 is 12.6 Å². The number of phenols is 1. The summed E-state index contributed by atoms with van der Waals surface area (Å²) < 4.78 is 35.7. The Labute approximate surface area is 98.5 Å². The third kappa shape index (κ3) is 5.58. The van der Waals surface area contributed by atoms with E-state index in [4.69, 9.17) is 0 Å². The number of phenolic OH excluding ortho intramolecular Hbond substituents is 1. The third-order valence-electron chi connectivity index (χ3n) is 2.46. The molecule has 0 amide bonds. The van der Waals surface area contributed by atoms with Gasteiger partial charge in [0.1, 0.15) is 5.75 Å². The number of aromatic hydroxyl groups is 1. The number of hydrogen-bond acceptors (Lipinski definition) is 2. The van der Waals surface area contributed by atoms with Crippen molar-refractivity contribution in [2.75, 3.05) is 6.54 Å². The first-order chi connectivity index (χ1) is 7.88. The molecular weight excluding hydrogens is 231 g/mol. The number of nitrogens with one attached hydrogen (secondary N) is 1. The summed E-state index contributed by atoms with van der Waals surface area (Å²) in [7, 11) is 0. The van der Waals surface area contributed by atoms with Crippen LogP contribution >= 0.6 is 0 Å². The molecule has 1 atom stereocenters. The molecule has 1 rings (SSSR count). The molecule has 1 aromatic rings. The van der Waals surface area contributed by atoms with Crippen LogP contribution in [-0.2, 0) is 0 Å². The van der Waals surface area contributed by atoms with Gasteiger partial charge in [0, 0.05) is 12.5 Å². The van der Waals surface area contributed by atoms with Gasteiger partial charge in [0.05, 0.1) is 0 Å². The van der Waals surface area contributed by atoms with E-state index in [1.165, 1.54) is 0 Å². The molecule has 0 saturated carbocycles. The van der Waals surface area contributed by atoms with Gasteiger partial charge < -0.3 is 10.4 Å². The van der Waals surface area contributed by atoms with Crippen LogP contribution in [-0.4, -0.2) is 17.8 Å². The van der Waals surface area contributed by atoms with Crippen LogP contribution in [0.3, 0.4) is 0 Å². The van der Waals surface area contributed by atoms with Crippen molar-refractivity contribution in [3.8, 4) is 5.75 Å². The maximum absolute atomic E-state index is 11.9. The van der Waals surface area contributed by atoms with E-state index in [0.29, 0.717) is 6.54 Å². The lowest BCUT2D eigenvalue weighted by Crippen LogP contribution is -2.21. The quantitative estimate of drug-likeness (QED) is 0.782. The highest BCUT2D eigenvalue weighted by atomic mass is 19.4. The molecule has 0 aliphatic rings. The van der Waals surface area contributed by atoms with Gasteiger partial charge in [-0.2, -0.15) is 13.2 Å². The molecule has 1 aromatic carbocycles. The summed E-state index contributed by atoms with van der Waals surface area (Å²) in [6.45, 7) is 2.15. The Hall–Kier alpha value is -1.23. The zero-order valence-electron chi connectivity index (χ0n) is 9.59. The van der Waals surface area contributed by atoms with Crippen molar-refractivity contribution in [2.24, 2.45) is 0 Å². The molecular formula is C12H16F3NO. The molecule has 5 heteroatoms. The van der Waals surface area contributed by atoms with Crippen LogP contribution in [0, 0.1) is 0 Å². The van der Waals surface area contributed by atoms with Gasteiger partial charge >= 0.3 is 6.18 Å². The Bertz CT molecular complexity index is 352. The van der Waals surface area contributed by atoms with Crippen molar-refractivity contribution in [3.63, 3.8) is 0 Å². The van der Waals surface area contributed by atoms with Crippen molar-refractivity contribution in [1.82, 2.24) is 5.32 Å². The highest BCUT2D eigenvalue weighted by Gasteiger charge is 2.25. The number of alkyl halides is 3. The average Bonchev–Trinajstić information content (AvgIpc) is 2.23. The van der Waals surface area contributed by atoms with Gasteiger partial charge in [0.15, 0.2) is 0 Å². The minimum atomic E-state index is -4.09. The molecule has 2 N–H and O–H groups in total. The first-order valence-corrected chi connectivity index (χ1v) is 5.47. The molecule has 0 spiro atoms. The highest BCUT2D eigenvalue weighted by Crippen LogP contribution is 2.21. The summed E-state index contributed by atoms with van der Waals surface area (Å²) in [6, 6.07) is 6.61. The van der Waals surface area contributed by atoms with Crippen LogP contribution in [0.15, 0.2) is 24.3 Å². The molecule has 0 heterocycles. The molecule has 17 heavy (non-hydrogen) atoms.